The van der Waals surface area contributed by atoms with E-state index in [-0.39, 0.29) is 24.2 Å². The van der Waals surface area contributed by atoms with Gasteiger partial charge in [0.05, 0.1) is 18.6 Å². The van der Waals surface area contributed by atoms with Gasteiger partial charge in [-0.2, -0.15) is 0 Å². The van der Waals surface area contributed by atoms with Gasteiger partial charge in [0.25, 0.3) is 0 Å². The van der Waals surface area contributed by atoms with Crippen molar-refractivity contribution in [2.24, 2.45) is 5.92 Å². The Hall–Kier alpha value is -2.57. The van der Waals surface area contributed by atoms with Crippen molar-refractivity contribution < 1.29 is 19.1 Å². The number of para-hydroxylation sites is 1. The predicted molar refractivity (Wildman–Crippen MR) is 120 cm³/mol. The molecule has 7 heteroatoms. The smallest absolute Gasteiger partial charge is 0.315 e. The molecule has 2 N–H and O–H groups in total. The van der Waals surface area contributed by atoms with Gasteiger partial charge in [-0.05, 0) is 43.7 Å². The number of benzene rings is 1. The van der Waals surface area contributed by atoms with Gasteiger partial charge < -0.3 is 20.3 Å². The molecule has 2 aliphatic rings. The number of hydrogen-bond acceptors (Lipinski definition) is 4. The van der Waals surface area contributed by atoms with Gasteiger partial charge in [-0.25, -0.2) is 4.79 Å². The number of nitrogens with one attached hydrogen (secondary N) is 2. The molecule has 3 amide bonds. The van der Waals surface area contributed by atoms with Gasteiger partial charge >= 0.3 is 12.0 Å². The molecule has 1 saturated carbocycles. The zero-order valence-electron chi connectivity index (χ0n) is 18.9. The lowest BCUT2D eigenvalue weighted by Crippen LogP contribution is -2.59. The lowest BCUT2D eigenvalue weighted by molar-refractivity contribution is -0.145. The molecule has 0 bridgehead atoms. The van der Waals surface area contributed by atoms with Crippen LogP contribution in [0.1, 0.15) is 64.9 Å². The largest absolute Gasteiger partial charge is 0.466 e. The number of carbonyl (C=O) groups is 3. The van der Waals surface area contributed by atoms with Crippen molar-refractivity contribution in [3.8, 4) is 0 Å². The average molecular weight is 430 g/mol. The van der Waals surface area contributed by atoms with Crippen LogP contribution in [0.15, 0.2) is 24.3 Å². The monoisotopic (exact) mass is 429 g/mol. The van der Waals surface area contributed by atoms with Crippen molar-refractivity contribution >= 4 is 23.6 Å². The molecule has 1 aliphatic carbocycles. The number of nitrogens with zero attached hydrogens (tertiary/aromatic N) is 1. The minimum absolute atomic E-state index is 0.0709. The highest BCUT2D eigenvalue weighted by molar-refractivity contribution is 6.00. The highest BCUT2D eigenvalue weighted by Gasteiger charge is 2.38. The second-order valence-corrected chi connectivity index (χ2v) is 9.01. The van der Waals surface area contributed by atoms with Crippen LogP contribution < -0.4 is 15.5 Å². The molecule has 1 aromatic rings. The first-order valence-electron chi connectivity index (χ1n) is 11.5. The lowest BCUT2D eigenvalue weighted by atomic mass is 9.79. The minimum atomic E-state index is -0.644. The average Bonchev–Trinajstić information content (AvgIpc) is 3.16. The Balaban J connectivity index is 1.69. The molecule has 0 saturated heterocycles. The van der Waals surface area contributed by atoms with Gasteiger partial charge in [0.2, 0.25) is 5.91 Å². The summed E-state index contributed by atoms with van der Waals surface area (Å²) in [6, 6.07) is 6.85. The number of anilines is 1. The Labute approximate surface area is 184 Å². The van der Waals surface area contributed by atoms with Crippen molar-refractivity contribution in [2.45, 2.75) is 77.3 Å². The van der Waals surface area contributed by atoms with E-state index in [0.29, 0.717) is 13.2 Å². The molecular weight excluding hydrogens is 394 g/mol. The van der Waals surface area contributed by atoms with Gasteiger partial charge in [-0.3, -0.25) is 9.59 Å². The Morgan fingerprint density at radius 3 is 2.52 bits per heavy atom. The van der Waals surface area contributed by atoms with E-state index in [1.54, 1.807) is 11.8 Å². The van der Waals surface area contributed by atoms with Gasteiger partial charge in [-0.1, -0.05) is 51.3 Å². The fraction of sp³-hybridized carbons (Fsp3) is 0.625. The normalized spacial score (nSPS) is 18.3. The molecule has 1 atom stereocenters. The molecule has 31 heavy (non-hydrogen) atoms. The van der Waals surface area contributed by atoms with Crippen LogP contribution in [-0.2, 0) is 20.7 Å². The lowest BCUT2D eigenvalue weighted by Gasteiger charge is -2.38. The van der Waals surface area contributed by atoms with Gasteiger partial charge in [-0.15, -0.1) is 0 Å². The molecule has 170 valence electrons. The standard InChI is InChI=1S/C24H35N3O4/c1-4-31-20(28)16-24(13-8-5-9-14-24)26-23(30)25-21(17(2)3)22(29)27-15-12-18-10-6-7-11-19(18)27/h6-7,10-11,17,21H,4-5,8-9,12-16H2,1-3H3,(H2,25,26,30)/t21-/m0/s1. The zero-order valence-corrected chi connectivity index (χ0v) is 18.9. The summed E-state index contributed by atoms with van der Waals surface area (Å²) in [6.07, 6.45) is 5.45. The fourth-order valence-electron chi connectivity index (χ4n) is 4.73. The molecule has 1 aromatic carbocycles. The molecular formula is C24H35N3O4. The highest BCUT2D eigenvalue weighted by atomic mass is 16.5. The molecule has 1 fully saturated rings. The van der Waals surface area contributed by atoms with Crippen molar-refractivity contribution in [3.05, 3.63) is 29.8 Å². The van der Waals surface area contributed by atoms with E-state index in [1.807, 2.05) is 38.1 Å². The quantitative estimate of drug-likeness (QED) is 0.649. The van der Waals surface area contributed by atoms with E-state index in [0.717, 1.165) is 49.8 Å². The number of carbonyl (C=O) groups excluding carboxylic acids is 3. The van der Waals surface area contributed by atoms with Crippen LogP contribution in [-0.4, -0.2) is 42.6 Å². The summed E-state index contributed by atoms with van der Waals surface area (Å²) in [7, 11) is 0. The summed E-state index contributed by atoms with van der Waals surface area (Å²) in [6.45, 7) is 6.58. The summed E-state index contributed by atoms with van der Waals surface area (Å²) >= 11 is 0. The second-order valence-electron chi connectivity index (χ2n) is 9.01. The molecule has 0 unspecified atom stereocenters. The van der Waals surface area contributed by atoms with E-state index in [1.165, 1.54) is 0 Å². The van der Waals surface area contributed by atoms with Crippen LogP contribution in [0.5, 0.6) is 0 Å². The Kier molecular flexibility index (Phi) is 7.57. The minimum Gasteiger partial charge on any atom is -0.466 e. The number of ether oxygens (including phenoxy) is 1. The van der Waals surface area contributed by atoms with Crippen molar-refractivity contribution in [2.75, 3.05) is 18.1 Å². The van der Waals surface area contributed by atoms with Crippen LogP contribution in [0, 0.1) is 5.92 Å². The molecule has 0 radical (unpaired) electrons. The van der Waals surface area contributed by atoms with Crippen LogP contribution >= 0.6 is 0 Å². The third-order valence-corrected chi connectivity index (χ3v) is 6.35. The summed E-state index contributed by atoms with van der Waals surface area (Å²) in [4.78, 5) is 40.3. The first-order valence-corrected chi connectivity index (χ1v) is 11.5. The van der Waals surface area contributed by atoms with Gasteiger partial charge in [0.15, 0.2) is 0 Å². The van der Waals surface area contributed by atoms with E-state index < -0.39 is 17.6 Å². The predicted octanol–water partition coefficient (Wildman–Crippen LogP) is 3.56. The SMILES string of the molecule is CCOC(=O)CC1(NC(=O)N[C@H](C(=O)N2CCc3ccccc32)C(C)C)CCCCC1. The summed E-state index contributed by atoms with van der Waals surface area (Å²) in [5.74, 6) is -0.466. The Morgan fingerprint density at radius 2 is 1.84 bits per heavy atom. The Bertz CT molecular complexity index is 802. The molecule has 1 aliphatic heterocycles. The van der Waals surface area contributed by atoms with Crippen LogP contribution in [0.4, 0.5) is 10.5 Å². The maximum Gasteiger partial charge on any atom is 0.315 e. The van der Waals surface area contributed by atoms with E-state index in [9.17, 15) is 14.4 Å². The summed E-state index contributed by atoms with van der Waals surface area (Å²) < 4.78 is 5.14. The summed E-state index contributed by atoms with van der Waals surface area (Å²) in [5, 5.41) is 5.96. The molecule has 1 heterocycles. The number of esters is 1. The number of urea groups is 1. The van der Waals surface area contributed by atoms with E-state index in [2.05, 4.69) is 10.6 Å². The van der Waals surface area contributed by atoms with Gasteiger partial charge in [0.1, 0.15) is 6.04 Å². The molecule has 7 nitrogen and oxygen atoms in total. The number of amides is 3. The first-order chi connectivity index (χ1) is 14.8. The van der Waals surface area contributed by atoms with Crippen LogP contribution in [0.3, 0.4) is 0 Å². The van der Waals surface area contributed by atoms with Crippen molar-refractivity contribution in [3.63, 3.8) is 0 Å². The Morgan fingerprint density at radius 1 is 1.13 bits per heavy atom. The van der Waals surface area contributed by atoms with Crippen LogP contribution in [0.25, 0.3) is 0 Å². The van der Waals surface area contributed by atoms with Crippen LogP contribution in [0.2, 0.25) is 0 Å². The third-order valence-electron chi connectivity index (χ3n) is 6.35. The van der Waals surface area contributed by atoms with E-state index in [4.69, 9.17) is 4.74 Å². The van der Waals surface area contributed by atoms with E-state index >= 15 is 0 Å². The van der Waals surface area contributed by atoms with Gasteiger partial charge in [0, 0.05) is 12.2 Å². The molecule has 0 spiro atoms. The third kappa shape index (κ3) is 5.57. The molecule has 3 rings (SSSR count). The number of hydrogen-bond donors (Lipinski definition) is 2. The van der Waals surface area contributed by atoms with Crippen molar-refractivity contribution in [1.82, 2.24) is 10.6 Å². The molecule has 0 aromatic heterocycles. The van der Waals surface area contributed by atoms with Crippen molar-refractivity contribution in [1.29, 1.82) is 0 Å². The highest BCUT2D eigenvalue weighted by Crippen LogP contribution is 2.32. The number of fused-ring (bicyclic) bond motifs is 1. The maximum atomic E-state index is 13.3. The number of rotatable bonds is 7. The zero-order chi connectivity index (χ0) is 22.4. The maximum absolute atomic E-state index is 13.3. The topological polar surface area (TPSA) is 87.7 Å². The second kappa shape index (κ2) is 10.2. The fourth-order valence-corrected chi connectivity index (χ4v) is 4.73. The first kappa shape index (κ1) is 23.1. The summed E-state index contributed by atoms with van der Waals surface area (Å²) in [5.41, 5.74) is 1.46.